The number of amides is 1. The van der Waals surface area contributed by atoms with E-state index in [1.165, 1.54) is 32.1 Å². The van der Waals surface area contributed by atoms with Gasteiger partial charge in [-0.2, -0.15) is 0 Å². The van der Waals surface area contributed by atoms with Gasteiger partial charge >= 0.3 is 5.97 Å². The third kappa shape index (κ3) is 9.56. The Labute approximate surface area is 160 Å². The van der Waals surface area contributed by atoms with Gasteiger partial charge < -0.3 is 14.5 Å². The second-order valence-corrected chi connectivity index (χ2v) is 7.36. The summed E-state index contributed by atoms with van der Waals surface area (Å²) in [5.41, 5.74) is 0. The summed E-state index contributed by atoms with van der Waals surface area (Å²) in [6.07, 6.45) is 9.42. The first-order valence-electron chi connectivity index (χ1n) is 10.8. The number of nitrogens with zero attached hydrogens (tertiary/aromatic N) is 2. The maximum absolute atomic E-state index is 12.7. The number of hydrogen-bond acceptors (Lipinski definition) is 4. The van der Waals surface area contributed by atoms with Crippen molar-refractivity contribution in [3.8, 4) is 0 Å². The predicted molar refractivity (Wildman–Crippen MR) is 106 cm³/mol. The van der Waals surface area contributed by atoms with E-state index in [1.54, 1.807) is 0 Å². The minimum Gasteiger partial charge on any atom is -0.466 e. The van der Waals surface area contributed by atoms with Gasteiger partial charge in [0.15, 0.2) is 0 Å². The first-order valence-corrected chi connectivity index (χ1v) is 10.8. The van der Waals surface area contributed by atoms with E-state index in [4.69, 9.17) is 4.74 Å². The average molecular weight is 369 g/mol. The van der Waals surface area contributed by atoms with E-state index in [-0.39, 0.29) is 11.9 Å². The highest BCUT2D eigenvalue weighted by molar-refractivity contribution is 5.77. The summed E-state index contributed by atoms with van der Waals surface area (Å²) >= 11 is 0. The molecular formula is C21H40N2O3. The van der Waals surface area contributed by atoms with E-state index in [9.17, 15) is 9.59 Å². The lowest BCUT2D eigenvalue weighted by Gasteiger charge is -2.26. The van der Waals surface area contributed by atoms with Crippen LogP contribution < -0.4 is 0 Å². The molecule has 0 N–H and O–H groups in total. The molecule has 5 nitrogen and oxygen atoms in total. The van der Waals surface area contributed by atoms with Crippen LogP contribution in [0.5, 0.6) is 0 Å². The zero-order valence-corrected chi connectivity index (χ0v) is 17.3. The largest absolute Gasteiger partial charge is 0.466 e. The van der Waals surface area contributed by atoms with Crippen LogP contribution in [0.1, 0.15) is 78.6 Å². The quantitative estimate of drug-likeness (QED) is 0.463. The molecule has 0 aromatic carbocycles. The number of rotatable bonds is 13. The van der Waals surface area contributed by atoms with Gasteiger partial charge in [0.2, 0.25) is 5.91 Å². The van der Waals surface area contributed by atoms with E-state index in [0.717, 1.165) is 44.9 Å². The standard InChI is InChI=1S/C21H40N2O3/c1-4-22(5-2)16-10-17-23(18-15-21(25)26-6-3)20(24)14-13-19-11-8-7-9-12-19/h19H,4-18H2,1-3H3. The van der Waals surface area contributed by atoms with Crippen molar-refractivity contribution < 1.29 is 14.3 Å². The van der Waals surface area contributed by atoms with Crippen LogP contribution in [0, 0.1) is 5.92 Å². The Bertz CT molecular complexity index is 391. The van der Waals surface area contributed by atoms with Crippen LogP contribution in [-0.4, -0.2) is 61.0 Å². The number of carbonyl (C=O) groups is 2. The monoisotopic (exact) mass is 368 g/mol. The molecule has 0 heterocycles. The van der Waals surface area contributed by atoms with Gasteiger partial charge in [0, 0.05) is 19.5 Å². The lowest BCUT2D eigenvalue weighted by Crippen LogP contribution is -2.36. The summed E-state index contributed by atoms with van der Waals surface area (Å²) in [4.78, 5) is 28.7. The molecule has 0 aliphatic heterocycles. The SMILES string of the molecule is CCOC(=O)CCN(CCCN(CC)CC)C(=O)CCC1CCCCC1. The second-order valence-electron chi connectivity index (χ2n) is 7.36. The molecule has 0 unspecified atom stereocenters. The summed E-state index contributed by atoms with van der Waals surface area (Å²) in [7, 11) is 0. The van der Waals surface area contributed by atoms with E-state index in [2.05, 4.69) is 18.7 Å². The molecular weight excluding hydrogens is 328 g/mol. The van der Waals surface area contributed by atoms with Gasteiger partial charge in [-0.05, 0) is 45.3 Å². The Morgan fingerprint density at radius 2 is 1.62 bits per heavy atom. The van der Waals surface area contributed by atoms with Crippen LogP contribution >= 0.6 is 0 Å². The molecule has 152 valence electrons. The Morgan fingerprint density at radius 1 is 0.923 bits per heavy atom. The van der Waals surface area contributed by atoms with Crippen LogP contribution in [0.4, 0.5) is 0 Å². The first-order chi connectivity index (χ1) is 12.6. The van der Waals surface area contributed by atoms with Crippen molar-refractivity contribution in [3.05, 3.63) is 0 Å². The van der Waals surface area contributed by atoms with Crippen molar-refractivity contribution in [1.29, 1.82) is 0 Å². The van der Waals surface area contributed by atoms with Gasteiger partial charge in [-0.15, -0.1) is 0 Å². The van der Waals surface area contributed by atoms with E-state index >= 15 is 0 Å². The van der Waals surface area contributed by atoms with Crippen molar-refractivity contribution in [2.75, 3.05) is 39.3 Å². The van der Waals surface area contributed by atoms with Crippen molar-refractivity contribution in [3.63, 3.8) is 0 Å². The van der Waals surface area contributed by atoms with Crippen LogP contribution in [0.2, 0.25) is 0 Å². The fraction of sp³-hybridized carbons (Fsp3) is 0.905. The highest BCUT2D eigenvalue weighted by atomic mass is 16.5. The summed E-state index contributed by atoms with van der Waals surface area (Å²) in [6, 6.07) is 0. The van der Waals surface area contributed by atoms with Crippen molar-refractivity contribution in [2.45, 2.75) is 78.6 Å². The Balaban J connectivity index is 2.45. The van der Waals surface area contributed by atoms with Gasteiger partial charge in [0.1, 0.15) is 0 Å². The van der Waals surface area contributed by atoms with E-state index in [0.29, 0.717) is 26.0 Å². The van der Waals surface area contributed by atoms with Crippen LogP contribution in [0.25, 0.3) is 0 Å². The summed E-state index contributed by atoms with van der Waals surface area (Å²) in [5, 5.41) is 0. The minimum atomic E-state index is -0.207. The Kier molecular flexibility index (Phi) is 12.4. The molecule has 1 amide bonds. The third-order valence-electron chi connectivity index (χ3n) is 5.53. The summed E-state index contributed by atoms with van der Waals surface area (Å²) in [5.74, 6) is 0.719. The molecule has 1 saturated carbocycles. The maximum Gasteiger partial charge on any atom is 0.307 e. The molecule has 5 heteroatoms. The van der Waals surface area contributed by atoms with E-state index < -0.39 is 0 Å². The Morgan fingerprint density at radius 3 is 2.23 bits per heavy atom. The second kappa shape index (κ2) is 14.0. The fourth-order valence-corrected chi connectivity index (χ4v) is 3.81. The van der Waals surface area contributed by atoms with Crippen molar-refractivity contribution in [2.24, 2.45) is 5.92 Å². The first kappa shape index (κ1) is 22.9. The normalized spacial score (nSPS) is 15.2. The summed E-state index contributed by atoms with van der Waals surface area (Å²) in [6.45, 7) is 10.8. The maximum atomic E-state index is 12.7. The van der Waals surface area contributed by atoms with Gasteiger partial charge in [0.05, 0.1) is 13.0 Å². The van der Waals surface area contributed by atoms with Crippen LogP contribution in [-0.2, 0) is 14.3 Å². The number of ether oxygens (including phenoxy) is 1. The molecule has 0 radical (unpaired) electrons. The Hall–Kier alpha value is -1.10. The lowest BCUT2D eigenvalue weighted by molar-refractivity contribution is -0.144. The molecule has 0 spiro atoms. The zero-order chi connectivity index (χ0) is 19.2. The molecule has 1 aliphatic rings. The van der Waals surface area contributed by atoms with Gasteiger partial charge in [0.25, 0.3) is 0 Å². The zero-order valence-electron chi connectivity index (χ0n) is 17.3. The van der Waals surface area contributed by atoms with Crippen molar-refractivity contribution >= 4 is 11.9 Å². The highest BCUT2D eigenvalue weighted by Gasteiger charge is 2.19. The van der Waals surface area contributed by atoms with Crippen LogP contribution in [0.3, 0.4) is 0 Å². The number of esters is 1. The molecule has 0 atom stereocenters. The number of hydrogen-bond donors (Lipinski definition) is 0. The lowest BCUT2D eigenvalue weighted by atomic mass is 9.86. The smallest absolute Gasteiger partial charge is 0.307 e. The van der Waals surface area contributed by atoms with E-state index in [1.807, 2.05) is 11.8 Å². The third-order valence-corrected chi connectivity index (χ3v) is 5.53. The average Bonchev–Trinajstić information content (AvgIpc) is 2.66. The summed E-state index contributed by atoms with van der Waals surface area (Å²) < 4.78 is 5.02. The highest BCUT2D eigenvalue weighted by Crippen LogP contribution is 2.27. The molecule has 0 aromatic rings. The molecule has 0 saturated heterocycles. The molecule has 0 bridgehead atoms. The molecule has 1 aliphatic carbocycles. The topological polar surface area (TPSA) is 49.9 Å². The minimum absolute atomic E-state index is 0.207. The predicted octanol–water partition coefficient (Wildman–Crippen LogP) is 3.86. The number of carbonyl (C=O) groups excluding carboxylic acids is 2. The van der Waals surface area contributed by atoms with Crippen LogP contribution in [0.15, 0.2) is 0 Å². The molecule has 1 rings (SSSR count). The van der Waals surface area contributed by atoms with Gasteiger partial charge in [-0.3, -0.25) is 9.59 Å². The fourth-order valence-electron chi connectivity index (χ4n) is 3.81. The molecule has 26 heavy (non-hydrogen) atoms. The van der Waals surface area contributed by atoms with Gasteiger partial charge in [-0.1, -0.05) is 46.0 Å². The van der Waals surface area contributed by atoms with Crippen molar-refractivity contribution in [1.82, 2.24) is 9.80 Å². The molecule has 1 fully saturated rings. The van der Waals surface area contributed by atoms with Gasteiger partial charge in [-0.25, -0.2) is 0 Å². The molecule has 0 aromatic heterocycles.